The number of aryl methyl sites for hydroxylation is 1. The molecule has 0 amide bonds. The molecule has 1 aromatic carbocycles. The van der Waals surface area contributed by atoms with E-state index in [0.29, 0.717) is 0 Å². The summed E-state index contributed by atoms with van der Waals surface area (Å²) in [5, 5.41) is 3.72. The van der Waals surface area contributed by atoms with Crippen LogP contribution in [0.4, 0.5) is 0 Å². The highest BCUT2D eigenvalue weighted by molar-refractivity contribution is 5.34. The van der Waals surface area contributed by atoms with E-state index in [-0.39, 0.29) is 5.54 Å². The van der Waals surface area contributed by atoms with Gasteiger partial charge in [0.1, 0.15) is 0 Å². The van der Waals surface area contributed by atoms with Gasteiger partial charge in [-0.1, -0.05) is 77.1 Å². The number of rotatable bonds is 11. The predicted octanol–water partition coefficient (Wildman–Crippen LogP) is 5.82. The third-order valence-electron chi connectivity index (χ3n) is 4.73. The Balaban J connectivity index is 3.10. The molecule has 21 heavy (non-hydrogen) atoms. The maximum absolute atomic E-state index is 3.72. The standard InChI is InChI=1S/C20H35N/c1-5-8-13-18-14-11-12-15-19(18)20(21-4,16-9-6-2)17-10-7-3/h11-12,14-15,21H,5-10,13,16-17H2,1-4H3. The SMILES string of the molecule is CCCCc1ccccc1C(CCCC)(CCCC)NC. The smallest absolute Gasteiger partial charge is 0.0434 e. The molecule has 0 aliphatic heterocycles. The Hall–Kier alpha value is -0.820. The summed E-state index contributed by atoms with van der Waals surface area (Å²) < 4.78 is 0. The number of unbranched alkanes of at least 4 members (excludes halogenated alkanes) is 3. The summed E-state index contributed by atoms with van der Waals surface area (Å²) in [7, 11) is 2.15. The van der Waals surface area contributed by atoms with Crippen molar-refractivity contribution in [2.24, 2.45) is 0 Å². The summed E-state index contributed by atoms with van der Waals surface area (Å²) in [6, 6.07) is 9.13. The van der Waals surface area contributed by atoms with Crippen LogP contribution >= 0.6 is 0 Å². The van der Waals surface area contributed by atoms with E-state index in [9.17, 15) is 0 Å². The Morgan fingerprint density at radius 3 is 1.95 bits per heavy atom. The average molecular weight is 290 g/mol. The third-order valence-corrected chi connectivity index (χ3v) is 4.73. The summed E-state index contributed by atoms with van der Waals surface area (Å²) >= 11 is 0. The van der Waals surface area contributed by atoms with E-state index in [1.807, 2.05) is 0 Å². The molecule has 1 N–H and O–H groups in total. The fourth-order valence-corrected chi connectivity index (χ4v) is 3.31. The molecule has 1 heteroatoms. The van der Waals surface area contributed by atoms with Crippen molar-refractivity contribution < 1.29 is 0 Å². The molecule has 0 unspecified atom stereocenters. The minimum absolute atomic E-state index is 0.177. The van der Waals surface area contributed by atoms with Crippen molar-refractivity contribution >= 4 is 0 Å². The average Bonchev–Trinajstić information content (AvgIpc) is 2.54. The molecule has 0 bridgehead atoms. The molecule has 0 saturated carbocycles. The van der Waals surface area contributed by atoms with E-state index < -0.39 is 0 Å². The third kappa shape index (κ3) is 5.14. The zero-order valence-electron chi connectivity index (χ0n) is 14.7. The lowest BCUT2D eigenvalue weighted by molar-refractivity contribution is 0.289. The first kappa shape index (κ1) is 18.2. The highest BCUT2D eigenvalue weighted by atomic mass is 14.9. The second-order valence-electron chi connectivity index (χ2n) is 6.30. The Morgan fingerprint density at radius 1 is 0.857 bits per heavy atom. The molecule has 1 rings (SSSR count). The van der Waals surface area contributed by atoms with Crippen LogP contribution in [-0.2, 0) is 12.0 Å². The van der Waals surface area contributed by atoms with Crippen LogP contribution < -0.4 is 5.32 Å². The number of benzene rings is 1. The van der Waals surface area contributed by atoms with E-state index >= 15 is 0 Å². The Kier molecular flexibility index (Phi) is 8.68. The maximum Gasteiger partial charge on any atom is 0.0434 e. The van der Waals surface area contributed by atoms with Crippen LogP contribution in [0.25, 0.3) is 0 Å². The molecule has 0 atom stereocenters. The topological polar surface area (TPSA) is 12.0 Å². The van der Waals surface area contributed by atoms with E-state index in [2.05, 4.69) is 57.4 Å². The minimum atomic E-state index is 0.177. The van der Waals surface area contributed by atoms with Crippen molar-refractivity contribution in [3.05, 3.63) is 35.4 Å². The van der Waals surface area contributed by atoms with Gasteiger partial charge in [-0.15, -0.1) is 0 Å². The van der Waals surface area contributed by atoms with Gasteiger partial charge >= 0.3 is 0 Å². The highest BCUT2D eigenvalue weighted by Gasteiger charge is 2.30. The van der Waals surface area contributed by atoms with Gasteiger partial charge < -0.3 is 5.32 Å². The van der Waals surface area contributed by atoms with Crippen molar-refractivity contribution in [1.29, 1.82) is 0 Å². The van der Waals surface area contributed by atoms with E-state index in [1.54, 1.807) is 11.1 Å². The van der Waals surface area contributed by atoms with E-state index in [0.717, 1.165) is 0 Å². The second-order valence-corrected chi connectivity index (χ2v) is 6.30. The Labute approximate surface area is 132 Å². The first-order valence-electron chi connectivity index (χ1n) is 9.01. The summed E-state index contributed by atoms with van der Waals surface area (Å²) in [6.07, 6.45) is 11.4. The van der Waals surface area contributed by atoms with E-state index in [1.165, 1.54) is 57.8 Å². The summed E-state index contributed by atoms with van der Waals surface area (Å²) in [4.78, 5) is 0. The van der Waals surface area contributed by atoms with E-state index in [4.69, 9.17) is 0 Å². The van der Waals surface area contributed by atoms with Crippen molar-refractivity contribution in [2.75, 3.05) is 7.05 Å². The lowest BCUT2D eigenvalue weighted by Gasteiger charge is -2.36. The quantitative estimate of drug-likeness (QED) is 0.541. The molecular formula is C20H35N. The van der Waals surface area contributed by atoms with Crippen LogP contribution in [0.1, 0.15) is 83.3 Å². The van der Waals surface area contributed by atoms with Crippen molar-refractivity contribution in [3.63, 3.8) is 0 Å². The van der Waals surface area contributed by atoms with Crippen LogP contribution in [0.5, 0.6) is 0 Å². The molecule has 0 heterocycles. The molecule has 1 nitrogen and oxygen atoms in total. The zero-order valence-corrected chi connectivity index (χ0v) is 14.7. The van der Waals surface area contributed by atoms with Crippen molar-refractivity contribution in [2.45, 2.75) is 84.1 Å². The van der Waals surface area contributed by atoms with Crippen molar-refractivity contribution in [1.82, 2.24) is 5.32 Å². The predicted molar refractivity (Wildman–Crippen MR) is 94.8 cm³/mol. The molecule has 1 aromatic rings. The van der Waals surface area contributed by atoms with Crippen molar-refractivity contribution in [3.8, 4) is 0 Å². The summed E-state index contributed by atoms with van der Waals surface area (Å²) in [5.41, 5.74) is 3.29. The molecule has 120 valence electrons. The van der Waals surface area contributed by atoms with Crippen LogP contribution in [-0.4, -0.2) is 7.05 Å². The van der Waals surface area contributed by atoms with Gasteiger partial charge in [-0.05, 0) is 43.9 Å². The molecule has 0 aliphatic rings. The normalized spacial score (nSPS) is 11.8. The highest BCUT2D eigenvalue weighted by Crippen LogP contribution is 2.35. The van der Waals surface area contributed by atoms with Gasteiger partial charge in [-0.2, -0.15) is 0 Å². The number of nitrogens with one attached hydrogen (secondary N) is 1. The van der Waals surface area contributed by atoms with Crippen LogP contribution in [0, 0.1) is 0 Å². The largest absolute Gasteiger partial charge is 0.310 e. The maximum atomic E-state index is 3.72. The van der Waals surface area contributed by atoms with Crippen LogP contribution in [0.3, 0.4) is 0 Å². The van der Waals surface area contributed by atoms with Gasteiger partial charge in [-0.3, -0.25) is 0 Å². The fourth-order valence-electron chi connectivity index (χ4n) is 3.31. The zero-order chi connectivity index (χ0) is 15.6. The van der Waals surface area contributed by atoms with Gasteiger partial charge in [0.25, 0.3) is 0 Å². The van der Waals surface area contributed by atoms with Gasteiger partial charge in [-0.25, -0.2) is 0 Å². The van der Waals surface area contributed by atoms with Gasteiger partial charge in [0.15, 0.2) is 0 Å². The molecule has 0 aromatic heterocycles. The van der Waals surface area contributed by atoms with Gasteiger partial charge in [0.2, 0.25) is 0 Å². The number of hydrogen-bond donors (Lipinski definition) is 1. The van der Waals surface area contributed by atoms with Crippen LogP contribution in [0.2, 0.25) is 0 Å². The molecule has 0 saturated heterocycles. The Morgan fingerprint density at radius 2 is 1.43 bits per heavy atom. The van der Waals surface area contributed by atoms with Crippen LogP contribution in [0.15, 0.2) is 24.3 Å². The molecule has 0 radical (unpaired) electrons. The lowest BCUT2D eigenvalue weighted by Crippen LogP contribution is -2.41. The second kappa shape index (κ2) is 10.00. The fraction of sp³-hybridized carbons (Fsp3) is 0.700. The summed E-state index contributed by atoms with van der Waals surface area (Å²) in [5.74, 6) is 0. The summed E-state index contributed by atoms with van der Waals surface area (Å²) in [6.45, 7) is 6.87. The Bertz CT molecular complexity index is 375. The molecular weight excluding hydrogens is 254 g/mol. The molecule has 0 aliphatic carbocycles. The number of hydrogen-bond acceptors (Lipinski definition) is 1. The lowest BCUT2D eigenvalue weighted by atomic mass is 9.78. The van der Waals surface area contributed by atoms with Gasteiger partial charge in [0, 0.05) is 5.54 Å². The monoisotopic (exact) mass is 289 g/mol. The van der Waals surface area contributed by atoms with Gasteiger partial charge in [0.05, 0.1) is 0 Å². The molecule has 0 spiro atoms. The molecule has 0 fully saturated rings. The first-order chi connectivity index (χ1) is 10.2. The minimum Gasteiger partial charge on any atom is -0.310 e. The first-order valence-corrected chi connectivity index (χ1v) is 9.01.